The Morgan fingerprint density at radius 2 is 2.29 bits per heavy atom. The van der Waals surface area contributed by atoms with Gasteiger partial charge in [-0.2, -0.15) is 0 Å². The van der Waals surface area contributed by atoms with Crippen LogP contribution in [0.4, 0.5) is 0 Å². The summed E-state index contributed by atoms with van der Waals surface area (Å²) in [7, 11) is 0. The molecule has 0 aromatic carbocycles. The first-order chi connectivity index (χ1) is 10.1. The normalized spacial score (nSPS) is 18.0. The van der Waals surface area contributed by atoms with E-state index in [2.05, 4.69) is 27.2 Å². The van der Waals surface area contributed by atoms with E-state index in [1.165, 1.54) is 11.3 Å². The molecule has 114 valence electrons. The van der Waals surface area contributed by atoms with Crippen LogP contribution in [0.3, 0.4) is 0 Å². The van der Waals surface area contributed by atoms with E-state index in [-0.39, 0.29) is 5.91 Å². The van der Waals surface area contributed by atoms with Crippen molar-refractivity contribution in [2.75, 3.05) is 19.6 Å². The third-order valence-electron chi connectivity index (χ3n) is 3.57. The number of thiazole rings is 1. The molecule has 1 aromatic heterocycles. The molecule has 1 aliphatic heterocycles. The molecule has 1 aliphatic rings. The summed E-state index contributed by atoms with van der Waals surface area (Å²) in [5.74, 6) is 0.454. The Morgan fingerprint density at radius 1 is 1.57 bits per heavy atom. The Kier molecular flexibility index (Phi) is 5.64. The highest BCUT2D eigenvalue weighted by Gasteiger charge is 2.16. The second kappa shape index (κ2) is 7.47. The van der Waals surface area contributed by atoms with Crippen LogP contribution in [0.15, 0.2) is 4.99 Å². The smallest absolute Gasteiger partial charge is 0.280 e. The maximum atomic E-state index is 12.2. The van der Waals surface area contributed by atoms with E-state index in [1.807, 2.05) is 13.8 Å². The van der Waals surface area contributed by atoms with E-state index in [4.69, 9.17) is 0 Å². The fourth-order valence-electron chi connectivity index (χ4n) is 2.38. The molecular formula is C15H22N4OS. The number of piperidine rings is 1. The third-order valence-corrected chi connectivity index (χ3v) is 4.48. The number of amides is 1. The summed E-state index contributed by atoms with van der Waals surface area (Å²) in [5.41, 5.74) is 0.788. The van der Waals surface area contributed by atoms with Crippen molar-refractivity contribution in [1.29, 1.82) is 0 Å². The highest BCUT2D eigenvalue weighted by molar-refractivity contribution is 7.11. The van der Waals surface area contributed by atoms with Crippen LogP contribution in [0.5, 0.6) is 0 Å². The molecule has 0 unspecified atom stereocenters. The zero-order chi connectivity index (χ0) is 15.2. The summed E-state index contributed by atoms with van der Waals surface area (Å²) in [6.07, 6.45) is 3.94. The van der Waals surface area contributed by atoms with Crippen LogP contribution in [0.1, 0.15) is 36.5 Å². The maximum Gasteiger partial charge on any atom is 0.280 e. The third kappa shape index (κ3) is 4.22. The molecule has 0 bridgehead atoms. The van der Waals surface area contributed by atoms with Gasteiger partial charge in [-0.25, -0.2) is 4.98 Å². The maximum absolute atomic E-state index is 12.2. The molecule has 1 saturated heterocycles. The lowest BCUT2D eigenvalue weighted by molar-refractivity contribution is 0.0943. The fourth-order valence-corrected chi connectivity index (χ4v) is 3.21. The van der Waals surface area contributed by atoms with E-state index in [0.717, 1.165) is 42.7 Å². The molecular weight excluding hydrogens is 284 g/mol. The predicted octanol–water partition coefficient (Wildman–Crippen LogP) is 0.502. The van der Waals surface area contributed by atoms with Gasteiger partial charge in [-0.3, -0.25) is 9.79 Å². The molecule has 2 heterocycles. The van der Waals surface area contributed by atoms with Crippen molar-refractivity contribution in [3.8, 4) is 0 Å². The molecule has 0 aliphatic carbocycles. The number of nitrogens with one attached hydrogen (secondary N) is 2. The molecule has 5 nitrogen and oxygen atoms in total. The van der Waals surface area contributed by atoms with Gasteiger partial charge in [0.05, 0.1) is 5.70 Å². The summed E-state index contributed by atoms with van der Waals surface area (Å²) in [4.78, 5) is 20.8. The summed E-state index contributed by atoms with van der Waals surface area (Å²) in [5, 5.41) is 7.49. The standard InChI is InChI=1S/C15H22N4OS/c1-4-17-10(2)13-11(3)21-15(19-13)14(20)18-9-12-5-7-16-8-6-12/h4,12,16H,3,5-9H2,1-2H3,(H,18,20)/b13-10+,17-4-. The van der Waals surface area contributed by atoms with E-state index in [9.17, 15) is 4.79 Å². The van der Waals surface area contributed by atoms with Crippen LogP contribution in [-0.2, 0) is 0 Å². The number of hydrogen-bond donors (Lipinski definition) is 2. The molecule has 0 radical (unpaired) electrons. The second-order valence-corrected chi connectivity index (χ2v) is 6.25. The Labute approximate surface area is 128 Å². The molecule has 2 N–H and O–H groups in total. The minimum Gasteiger partial charge on any atom is -0.350 e. The first-order valence-electron chi connectivity index (χ1n) is 7.26. The summed E-state index contributed by atoms with van der Waals surface area (Å²) >= 11 is 1.32. The molecule has 6 heteroatoms. The number of nitrogens with zero attached hydrogens (tertiary/aromatic N) is 2. The first-order valence-corrected chi connectivity index (χ1v) is 8.07. The van der Waals surface area contributed by atoms with Gasteiger partial charge in [-0.1, -0.05) is 6.58 Å². The number of hydrogen-bond acceptors (Lipinski definition) is 5. The fraction of sp³-hybridized carbons (Fsp3) is 0.533. The molecule has 0 saturated carbocycles. The van der Waals surface area contributed by atoms with E-state index in [1.54, 1.807) is 6.21 Å². The Morgan fingerprint density at radius 3 is 2.95 bits per heavy atom. The zero-order valence-electron chi connectivity index (χ0n) is 12.6. The van der Waals surface area contributed by atoms with Gasteiger partial charge in [0.15, 0.2) is 5.01 Å². The largest absolute Gasteiger partial charge is 0.350 e. The van der Waals surface area contributed by atoms with Crippen LogP contribution >= 0.6 is 11.3 Å². The van der Waals surface area contributed by atoms with Gasteiger partial charge >= 0.3 is 0 Å². The second-order valence-electron chi connectivity index (χ2n) is 5.17. The summed E-state index contributed by atoms with van der Waals surface area (Å²) < 4.78 is 0.783. The predicted molar refractivity (Wildman–Crippen MR) is 88.1 cm³/mol. The monoisotopic (exact) mass is 306 g/mol. The van der Waals surface area contributed by atoms with Gasteiger partial charge in [-0.05, 0) is 45.7 Å². The minimum atomic E-state index is -0.108. The molecule has 1 aromatic rings. The van der Waals surface area contributed by atoms with Crippen LogP contribution in [0.2, 0.25) is 0 Å². The molecule has 0 spiro atoms. The van der Waals surface area contributed by atoms with Crippen molar-refractivity contribution in [2.24, 2.45) is 10.9 Å². The average molecular weight is 306 g/mol. The molecule has 21 heavy (non-hydrogen) atoms. The van der Waals surface area contributed by atoms with Crippen LogP contribution < -0.4 is 20.5 Å². The van der Waals surface area contributed by atoms with Gasteiger partial charge in [-0.15, -0.1) is 11.3 Å². The first kappa shape index (κ1) is 15.9. The minimum absolute atomic E-state index is 0.108. The number of aliphatic imine (C=N–C) groups is 1. The van der Waals surface area contributed by atoms with Crippen LogP contribution in [-0.4, -0.2) is 36.7 Å². The molecule has 0 atom stereocenters. The van der Waals surface area contributed by atoms with Gasteiger partial charge in [0.2, 0.25) is 0 Å². The highest BCUT2D eigenvalue weighted by Crippen LogP contribution is 2.10. The van der Waals surface area contributed by atoms with Crippen molar-refractivity contribution in [2.45, 2.75) is 26.7 Å². The van der Waals surface area contributed by atoms with E-state index >= 15 is 0 Å². The van der Waals surface area contributed by atoms with Crippen molar-refractivity contribution in [3.05, 3.63) is 14.9 Å². The summed E-state index contributed by atoms with van der Waals surface area (Å²) in [6.45, 7) is 10.5. The Bertz CT molecular complexity index is 629. The van der Waals surface area contributed by atoms with E-state index < -0.39 is 0 Å². The number of carbonyl (C=O) groups is 1. The highest BCUT2D eigenvalue weighted by atomic mass is 32.1. The number of carbonyl (C=O) groups excluding carboxylic acids is 1. The topological polar surface area (TPSA) is 66.4 Å². The molecule has 1 amide bonds. The van der Waals surface area contributed by atoms with Crippen LogP contribution in [0.25, 0.3) is 12.3 Å². The lowest BCUT2D eigenvalue weighted by atomic mass is 9.98. The van der Waals surface area contributed by atoms with Crippen LogP contribution in [0, 0.1) is 5.92 Å². The van der Waals surface area contributed by atoms with Gasteiger partial charge < -0.3 is 10.6 Å². The van der Waals surface area contributed by atoms with Crippen molar-refractivity contribution in [1.82, 2.24) is 15.6 Å². The zero-order valence-corrected chi connectivity index (χ0v) is 13.4. The van der Waals surface area contributed by atoms with Gasteiger partial charge in [0.1, 0.15) is 5.35 Å². The Balaban J connectivity index is 2.05. The average Bonchev–Trinajstić information content (AvgIpc) is 2.88. The quantitative estimate of drug-likeness (QED) is 0.796. The van der Waals surface area contributed by atoms with Gasteiger partial charge in [0, 0.05) is 17.3 Å². The molecule has 2 rings (SSSR count). The lowest BCUT2D eigenvalue weighted by Crippen LogP contribution is -2.36. The molecule has 1 fully saturated rings. The number of rotatable bonds is 4. The van der Waals surface area contributed by atoms with Crippen molar-refractivity contribution < 1.29 is 4.79 Å². The van der Waals surface area contributed by atoms with Gasteiger partial charge in [0.25, 0.3) is 5.91 Å². The van der Waals surface area contributed by atoms with Crippen molar-refractivity contribution >= 4 is 35.7 Å². The SMILES string of the molecule is C=c1sc(C(=O)NCC2CCNCC2)n/c1=C(C)/N=C\C. The summed E-state index contributed by atoms with van der Waals surface area (Å²) in [6, 6.07) is 0. The Hall–Kier alpha value is -1.53. The lowest BCUT2D eigenvalue weighted by Gasteiger charge is -2.22. The van der Waals surface area contributed by atoms with Crippen molar-refractivity contribution in [3.63, 3.8) is 0 Å². The van der Waals surface area contributed by atoms with E-state index in [0.29, 0.717) is 16.3 Å². The number of aromatic nitrogens is 1.